The monoisotopic (exact) mass is 194 g/mol. The molecule has 0 aromatic rings. The van der Waals surface area contributed by atoms with Crippen molar-refractivity contribution in [2.75, 3.05) is 6.61 Å². The SMILES string of the molecule is C/C=C1\CCCC1OCC(F)(F)F. The molecule has 0 amide bonds. The summed E-state index contributed by atoms with van der Waals surface area (Å²) in [6.45, 7) is 0.708. The minimum atomic E-state index is -4.21. The summed E-state index contributed by atoms with van der Waals surface area (Å²) in [4.78, 5) is 0. The van der Waals surface area contributed by atoms with E-state index in [4.69, 9.17) is 4.74 Å². The third-order valence-electron chi connectivity index (χ3n) is 2.16. The third-order valence-corrected chi connectivity index (χ3v) is 2.16. The maximum absolute atomic E-state index is 11.8. The predicted molar refractivity (Wildman–Crippen MR) is 43.4 cm³/mol. The van der Waals surface area contributed by atoms with E-state index in [0.29, 0.717) is 0 Å². The lowest BCUT2D eigenvalue weighted by Gasteiger charge is -2.14. The molecular weight excluding hydrogens is 181 g/mol. The molecule has 0 N–H and O–H groups in total. The molecule has 0 saturated heterocycles. The fourth-order valence-corrected chi connectivity index (χ4v) is 1.55. The molecule has 1 aliphatic rings. The van der Waals surface area contributed by atoms with Crippen LogP contribution < -0.4 is 0 Å². The number of rotatable bonds is 2. The summed E-state index contributed by atoms with van der Waals surface area (Å²) >= 11 is 0. The molecule has 1 saturated carbocycles. The van der Waals surface area contributed by atoms with Crippen molar-refractivity contribution in [3.05, 3.63) is 11.6 Å². The Labute approximate surface area is 75.6 Å². The Balaban J connectivity index is 2.37. The minimum Gasteiger partial charge on any atom is -0.364 e. The Hall–Kier alpha value is -0.510. The molecule has 0 spiro atoms. The van der Waals surface area contributed by atoms with Crippen LogP contribution in [0.1, 0.15) is 26.2 Å². The molecule has 0 heterocycles. The van der Waals surface area contributed by atoms with Crippen molar-refractivity contribution in [3.8, 4) is 0 Å². The van der Waals surface area contributed by atoms with Gasteiger partial charge in [-0.2, -0.15) is 13.2 Å². The molecule has 1 fully saturated rings. The van der Waals surface area contributed by atoms with E-state index >= 15 is 0 Å². The first-order valence-electron chi connectivity index (χ1n) is 4.36. The predicted octanol–water partition coefficient (Wildman–Crippen LogP) is 3.06. The van der Waals surface area contributed by atoms with Crippen LogP contribution in [-0.2, 0) is 4.74 Å². The average molecular weight is 194 g/mol. The van der Waals surface area contributed by atoms with Gasteiger partial charge in [0, 0.05) is 0 Å². The maximum atomic E-state index is 11.8. The van der Waals surface area contributed by atoms with Gasteiger partial charge in [0.2, 0.25) is 0 Å². The number of hydrogen-bond donors (Lipinski definition) is 0. The molecule has 1 aliphatic carbocycles. The zero-order chi connectivity index (χ0) is 9.90. The van der Waals surface area contributed by atoms with Gasteiger partial charge in [0.05, 0.1) is 6.10 Å². The lowest BCUT2D eigenvalue weighted by atomic mass is 10.2. The summed E-state index contributed by atoms with van der Waals surface area (Å²) in [6, 6.07) is 0. The second-order valence-electron chi connectivity index (χ2n) is 3.17. The summed E-state index contributed by atoms with van der Waals surface area (Å²) in [5.74, 6) is 0. The molecule has 13 heavy (non-hydrogen) atoms. The Morgan fingerprint density at radius 2 is 2.23 bits per heavy atom. The standard InChI is InChI=1S/C9H13F3O/c1-2-7-4-3-5-8(7)13-6-9(10,11)12/h2,8H,3-6H2,1H3/b7-2+. The van der Waals surface area contributed by atoms with Crippen LogP contribution in [0.5, 0.6) is 0 Å². The highest BCUT2D eigenvalue weighted by molar-refractivity contribution is 5.11. The van der Waals surface area contributed by atoms with Gasteiger partial charge in [0.1, 0.15) is 6.61 Å². The van der Waals surface area contributed by atoms with Crippen molar-refractivity contribution in [3.63, 3.8) is 0 Å². The first kappa shape index (κ1) is 10.6. The fourth-order valence-electron chi connectivity index (χ4n) is 1.55. The van der Waals surface area contributed by atoms with Gasteiger partial charge in [-0.15, -0.1) is 0 Å². The summed E-state index contributed by atoms with van der Waals surface area (Å²) in [6.07, 6.45) is -0.126. The van der Waals surface area contributed by atoms with Gasteiger partial charge in [0.25, 0.3) is 0 Å². The minimum absolute atomic E-state index is 0.299. The lowest BCUT2D eigenvalue weighted by Crippen LogP contribution is -2.22. The van der Waals surface area contributed by atoms with E-state index in [1.54, 1.807) is 0 Å². The van der Waals surface area contributed by atoms with Crippen molar-refractivity contribution in [1.82, 2.24) is 0 Å². The van der Waals surface area contributed by atoms with E-state index in [1.807, 2.05) is 13.0 Å². The molecule has 4 heteroatoms. The van der Waals surface area contributed by atoms with Gasteiger partial charge in [-0.1, -0.05) is 6.08 Å². The molecule has 1 nitrogen and oxygen atoms in total. The van der Waals surface area contributed by atoms with Gasteiger partial charge in [0.15, 0.2) is 0 Å². The van der Waals surface area contributed by atoms with Crippen molar-refractivity contribution in [1.29, 1.82) is 0 Å². The van der Waals surface area contributed by atoms with E-state index in [2.05, 4.69) is 0 Å². The smallest absolute Gasteiger partial charge is 0.364 e. The summed E-state index contributed by atoms with van der Waals surface area (Å²) in [7, 11) is 0. The second-order valence-corrected chi connectivity index (χ2v) is 3.17. The molecule has 0 aliphatic heterocycles. The Bertz CT molecular complexity index is 196. The van der Waals surface area contributed by atoms with Crippen LogP contribution in [0.2, 0.25) is 0 Å². The summed E-state index contributed by atoms with van der Waals surface area (Å²) in [5, 5.41) is 0. The quantitative estimate of drug-likeness (QED) is 0.614. The van der Waals surface area contributed by atoms with Crippen LogP contribution in [0.4, 0.5) is 13.2 Å². The first-order valence-corrected chi connectivity index (χ1v) is 4.36. The normalized spacial score (nSPS) is 27.1. The number of hydrogen-bond acceptors (Lipinski definition) is 1. The number of ether oxygens (including phenoxy) is 1. The fraction of sp³-hybridized carbons (Fsp3) is 0.778. The lowest BCUT2D eigenvalue weighted by molar-refractivity contribution is -0.181. The van der Waals surface area contributed by atoms with Crippen LogP contribution in [0, 0.1) is 0 Å². The van der Waals surface area contributed by atoms with Gasteiger partial charge in [-0.05, 0) is 31.8 Å². The van der Waals surface area contributed by atoms with Gasteiger partial charge in [-0.3, -0.25) is 0 Å². The highest BCUT2D eigenvalue weighted by Gasteiger charge is 2.31. The topological polar surface area (TPSA) is 9.23 Å². The van der Waals surface area contributed by atoms with Crippen LogP contribution in [-0.4, -0.2) is 18.9 Å². The summed E-state index contributed by atoms with van der Waals surface area (Å²) in [5.41, 5.74) is 1.00. The summed E-state index contributed by atoms with van der Waals surface area (Å²) < 4.78 is 40.2. The van der Waals surface area contributed by atoms with E-state index in [9.17, 15) is 13.2 Å². The number of halogens is 3. The van der Waals surface area contributed by atoms with Crippen molar-refractivity contribution >= 4 is 0 Å². The zero-order valence-electron chi connectivity index (χ0n) is 7.53. The highest BCUT2D eigenvalue weighted by atomic mass is 19.4. The Morgan fingerprint density at radius 1 is 1.54 bits per heavy atom. The van der Waals surface area contributed by atoms with E-state index in [-0.39, 0.29) is 6.10 Å². The molecule has 0 aromatic heterocycles. The Kier molecular flexibility index (Phi) is 3.36. The average Bonchev–Trinajstić information content (AvgIpc) is 2.46. The van der Waals surface area contributed by atoms with Gasteiger partial charge >= 0.3 is 6.18 Å². The Morgan fingerprint density at radius 3 is 2.77 bits per heavy atom. The molecule has 76 valence electrons. The molecule has 1 unspecified atom stereocenters. The van der Waals surface area contributed by atoms with Crippen molar-refractivity contribution in [2.24, 2.45) is 0 Å². The molecule has 1 rings (SSSR count). The largest absolute Gasteiger partial charge is 0.411 e. The third kappa shape index (κ3) is 3.38. The molecule has 0 bridgehead atoms. The van der Waals surface area contributed by atoms with Crippen LogP contribution in [0.15, 0.2) is 11.6 Å². The van der Waals surface area contributed by atoms with Gasteiger partial charge in [-0.25, -0.2) is 0 Å². The van der Waals surface area contributed by atoms with Crippen LogP contribution in [0.25, 0.3) is 0 Å². The second kappa shape index (κ2) is 4.13. The van der Waals surface area contributed by atoms with E-state index in [1.165, 1.54) is 0 Å². The number of alkyl halides is 3. The first-order chi connectivity index (χ1) is 6.03. The zero-order valence-corrected chi connectivity index (χ0v) is 7.53. The molecule has 0 aromatic carbocycles. The van der Waals surface area contributed by atoms with Crippen LogP contribution in [0.3, 0.4) is 0 Å². The van der Waals surface area contributed by atoms with E-state index in [0.717, 1.165) is 24.8 Å². The van der Waals surface area contributed by atoms with Gasteiger partial charge < -0.3 is 4.74 Å². The number of allylic oxidation sites excluding steroid dienone is 1. The molecule has 0 radical (unpaired) electrons. The maximum Gasteiger partial charge on any atom is 0.411 e. The van der Waals surface area contributed by atoms with Crippen molar-refractivity contribution in [2.45, 2.75) is 38.5 Å². The van der Waals surface area contributed by atoms with Crippen LogP contribution >= 0.6 is 0 Å². The van der Waals surface area contributed by atoms with E-state index < -0.39 is 12.8 Å². The highest BCUT2D eigenvalue weighted by Crippen LogP contribution is 2.28. The molecular formula is C9H13F3O. The van der Waals surface area contributed by atoms with Crippen molar-refractivity contribution < 1.29 is 17.9 Å². The molecule has 1 atom stereocenters.